The first-order valence-corrected chi connectivity index (χ1v) is 7.13. The highest BCUT2D eigenvalue weighted by Crippen LogP contribution is 2.26. The Morgan fingerprint density at radius 1 is 1.42 bits per heavy atom. The van der Waals surface area contributed by atoms with Gasteiger partial charge in [0, 0.05) is 22.5 Å². The molecule has 3 nitrogen and oxygen atoms in total. The molecule has 0 aromatic heterocycles. The second-order valence-electron chi connectivity index (χ2n) is 5.04. The van der Waals surface area contributed by atoms with Crippen molar-refractivity contribution in [1.29, 1.82) is 0 Å². The molecule has 1 fully saturated rings. The summed E-state index contributed by atoms with van der Waals surface area (Å²) in [6.07, 6.45) is 2.92. The largest absolute Gasteiger partial charge is 0.393 e. The molecule has 1 aliphatic carbocycles. The molecule has 0 heterocycles. The molecule has 19 heavy (non-hydrogen) atoms. The molecule has 1 aromatic carbocycles. The lowest BCUT2D eigenvalue weighted by molar-refractivity contribution is 0.0933. The van der Waals surface area contributed by atoms with Crippen molar-refractivity contribution < 1.29 is 4.79 Å². The van der Waals surface area contributed by atoms with Gasteiger partial charge in [0.1, 0.15) is 0 Å². The van der Waals surface area contributed by atoms with Crippen LogP contribution >= 0.6 is 23.8 Å². The fourth-order valence-electron chi connectivity index (χ4n) is 2.59. The van der Waals surface area contributed by atoms with Crippen LogP contribution in [-0.4, -0.2) is 16.9 Å². The first kappa shape index (κ1) is 14.3. The Hall–Kier alpha value is -1.13. The van der Waals surface area contributed by atoms with E-state index in [9.17, 15) is 4.79 Å². The monoisotopic (exact) mass is 296 g/mol. The molecule has 2 unspecified atom stereocenters. The van der Waals surface area contributed by atoms with E-state index in [0.29, 0.717) is 15.6 Å². The first-order valence-electron chi connectivity index (χ1n) is 6.35. The minimum Gasteiger partial charge on any atom is -0.393 e. The van der Waals surface area contributed by atoms with Gasteiger partial charge in [-0.05, 0) is 43.5 Å². The van der Waals surface area contributed by atoms with Gasteiger partial charge in [0.15, 0.2) is 0 Å². The lowest BCUT2D eigenvalue weighted by Crippen LogP contribution is -2.41. The maximum absolute atomic E-state index is 12.2. The van der Waals surface area contributed by atoms with Crippen molar-refractivity contribution in [2.75, 3.05) is 0 Å². The SMILES string of the molecule is Cc1cc(Cl)cc(C(=O)NC2CCCC2C(N)=S)c1. The number of halogens is 1. The van der Waals surface area contributed by atoms with E-state index in [1.165, 1.54) is 0 Å². The minimum absolute atomic E-state index is 0.0456. The molecular weight excluding hydrogens is 280 g/mol. The van der Waals surface area contributed by atoms with Crippen LogP contribution in [0.15, 0.2) is 18.2 Å². The molecule has 0 spiro atoms. The zero-order valence-electron chi connectivity index (χ0n) is 10.8. The minimum atomic E-state index is -0.112. The Morgan fingerprint density at radius 3 is 2.79 bits per heavy atom. The van der Waals surface area contributed by atoms with Crippen molar-refractivity contribution in [2.24, 2.45) is 11.7 Å². The average Bonchev–Trinajstić information content (AvgIpc) is 2.75. The van der Waals surface area contributed by atoms with E-state index >= 15 is 0 Å². The zero-order valence-corrected chi connectivity index (χ0v) is 12.4. The number of carbonyl (C=O) groups excluding carboxylic acids is 1. The van der Waals surface area contributed by atoms with Gasteiger partial charge in [0.05, 0.1) is 4.99 Å². The van der Waals surface area contributed by atoms with E-state index in [1.54, 1.807) is 6.07 Å². The van der Waals surface area contributed by atoms with Crippen LogP contribution in [0.1, 0.15) is 35.2 Å². The van der Waals surface area contributed by atoms with Crippen molar-refractivity contribution >= 4 is 34.7 Å². The molecule has 0 aliphatic heterocycles. The topological polar surface area (TPSA) is 55.1 Å². The molecule has 1 amide bonds. The van der Waals surface area contributed by atoms with Gasteiger partial charge in [0.25, 0.3) is 5.91 Å². The molecule has 5 heteroatoms. The van der Waals surface area contributed by atoms with Gasteiger partial charge in [-0.1, -0.05) is 30.2 Å². The van der Waals surface area contributed by atoms with E-state index in [2.05, 4.69) is 5.32 Å². The van der Waals surface area contributed by atoms with Crippen LogP contribution in [0.5, 0.6) is 0 Å². The first-order chi connectivity index (χ1) is 8.97. The average molecular weight is 297 g/mol. The summed E-state index contributed by atoms with van der Waals surface area (Å²) in [5, 5.41) is 3.59. The lowest BCUT2D eigenvalue weighted by Gasteiger charge is -2.20. The zero-order chi connectivity index (χ0) is 14.0. The normalized spacial score (nSPS) is 22.2. The molecule has 102 valence electrons. The van der Waals surface area contributed by atoms with Crippen LogP contribution in [0.3, 0.4) is 0 Å². The van der Waals surface area contributed by atoms with E-state index < -0.39 is 0 Å². The summed E-state index contributed by atoms with van der Waals surface area (Å²) in [4.78, 5) is 12.7. The summed E-state index contributed by atoms with van der Waals surface area (Å²) < 4.78 is 0. The second-order valence-corrected chi connectivity index (χ2v) is 5.94. The van der Waals surface area contributed by atoms with Crippen LogP contribution in [0.25, 0.3) is 0 Å². The number of carbonyl (C=O) groups is 1. The Kier molecular flexibility index (Phi) is 4.42. The number of hydrogen-bond acceptors (Lipinski definition) is 2. The molecular formula is C14H17ClN2OS. The fraction of sp³-hybridized carbons (Fsp3) is 0.429. The molecule has 2 atom stereocenters. The number of rotatable bonds is 3. The van der Waals surface area contributed by atoms with Crippen LogP contribution in [-0.2, 0) is 0 Å². The standard InChI is InChI=1S/C14H17ClN2OS/c1-8-5-9(7-10(15)6-8)14(18)17-12-4-2-3-11(12)13(16)19/h5-7,11-12H,2-4H2,1H3,(H2,16,19)(H,17,18). The molecule has 0 bridgehead atoms. The fourth-order valence-corrected chi connectivity index (χ4v) is 3.16. The van der Waals surface area contributed by atoms with Crippen LogP contribution in [0.4, 0.5) is 0 Å². The van der Waals surface area contributed by atoms with Gasteiger partial charge in [-0.15, -0.1) is 0 Å². The van der Waals surface area contributed by atoms with Crippen molar-refractivity contribution in [3.8, 4) is 0 Å². The lowest BCUT2D eigenvalue weighted by atomic mass is 10.0. The van der Waals surface area contributed by atoms with Crippen molar-refractivity contribution in [3.63, 3.8) is 0 Å². The number of aryl methyl sites for hydroxylation is 1. The summed E-state index contributed by atoms with van der Waals surface area (Å²) >= 11 is 11.0. The highest BCUT2D eigenvalue weighted by atomic mass is 35.5. The summed E-state index contributed by atoms with van der Waals surface area (Å²) in [5.41, 5.74) is 7.26. The molecule has 0 radical (unpaired) electrons. The van der Waals surface area contributed by atoms with E-state index in [4.69, 9.17) is 29.6 Å². The van der Waals surface area contributed by atoms with Gasteiger partial charge in [-0.3, -0.25) is 4.79 Å². The van der Waals surface area contributed by atoms with E-state index in [-0.39, 0.29) is 17.9 Å². The predicted molar refractivity (Wildman–Crippen MR) is 81.6 cm³/mol. The molecule has 0 saturated heterocycles. The Balaban J connectivity index is 2.10. The second kappa shape index (κ2) is 5.88. The maximum Gasteiger partial charge on any atom is 0.251 e. The number of thiocarbonyl (C=S) groups is 1. The highest BCUT2D eigenvalue weighted by Gasteiger charge is 2.30. The quantitative estimate of drug-likeness (QED) is 0.843. The van der Waals surface area contributed by atoms with Gasteiger partial charge >= 0.3 is 0 Å². The summed E-state index contributed by atoms with van der Waals surface area (Å²) in [5.74, 6) is -0.00187. The van der Waals surface area contributed by atoms with Gasteiger partial charge in [-0.25, -0.2) is 0 Å². The smallest absolute Gasteiger partial charge is 0.251 e. The molecule has 1 aliphatic rings. The molecule has 1 saturated carbocycles. The van der Waals surface area contributed by atoms with Gasteiger partial charge < -0.3 is 11.1 Å². The van der Waals surface area contributed by atoms with Gasteiger partial charge in [-0.2, -0.15) is 0 Å². The van der Waals surface area contributed by atoms with Crippen LogP contribution < -0.4 is 11.1 Å². The third kappa shape index (κ3) is 3.45. The number of hydrogen-bond donors (Lipinski definition) is 2. The number of nitrogens with two attached hydrogens (primary N) is 1. The number of nitrogens with one attached hydrogen (secondary N) is 1. The molecule has 3 N–H and O–H groups in total. The summed E-state index contributed by atoms with van der Waals surface area (Å²) in [7, 11) is 0. The van der Waals surface area contributed by atoms with Crippen LogP contribution in [0.2, 0.25) is 5.02 Å². The number of benzene rings is 1. The van der Waals surface area contributed by atoms with Crippen molar-refractivity contribution in [1.82, 2.24) is 5.32 Å². The van der Waals surface area contributed by atoms with Gasteiger partial charge in [0.2, 0.25) is 0 Å². The van der Waals surface area contributed by atoms with Crippen LogP contribution in [0, 0.1) is 12.8 Å². The molecule has 1 aromatic rings. The van der Waals surface area contributed by atoms with E-state index in [1.807, 2.05) is 19.1 Å². The Labute approximate surface area is 123 Å². The third-order valence-corrected chi connectivity index (χ3v) is 4.02. The van der Waals surface area contributed by atoms with Crippen molar-refractivity contribution in [3.05, 3.63) is 34.3 Å². The Morgan fingerprint density at radius 2 is 2.16 bits per heavy atom. The number of amides is 1. The Bertz CT molecular complexity index is 498. The highest BCUT2D eigenvalue weighted by molar-refractivity contribution is 7.80. The van der Waals surface area contributed by atoms with Crippen molar-refractivity contribution in [2.45, 2.75) is 32.2 Å². The predicted octanol–water partition coefficient (Wildman–Crippen LogP) is 2.83. The third-order valence-electron chi connectivity index (χ3n) is 3.50. The summed E-state index contributed by atoms with van der Waals surface area (Å²) in [6, 6.07) is 5.37. The molecule has 2 rings (SSSR count). The maximum atomic E-state index is 12.2. The summed E-state index contributed by atoms with van der Waals surface area (Å²) in [6.45, 7) is 1.91. The van der Waals surface area contributed by atoms with E-state index in [0.717, 1.165) is 24.8 Å².